The van der Waals surface area contributed by atoms with E-state index in [9.17, 15) is 4.79 Å². The molecule has 4 nitrogen and oxygen atoms in total. The number of hydrogen-bond acceptors (Lipinski definition) is 3. The molecule has 1 saturated carbocycles. The van der Waals surface area contributed by atoms with Gasteiger partial charge in [0.05, 0.1) is 29.1 Å². The summed E-state index contributed by atoms with van der Waals surface area (Å²) in [7, 11) is 1.47. The first-order valence-electron chi connectivity index (χ1n) is 7.35. The molecule has 112 valence electrons. The summed E-state index contributed by atoms with van der Waals surface area (Å²) < 4.78 is 7.05. The van der Waals surface area contributed by atoms with Crippen LogP contribution in [0.25, 0.3) is 11.0 Å². The van der Waals surface area contributed by atoms with Crippen LogP contribution in [0.5, 0.6) is 0 Å². The molecule has 0 spiro atoms. The van der Waals surface area contributed by atoms with Crippen molar-refractivity contribution < 1.29 is 9.53 Å². The number of rotatable bonds is 3. The Morgan fingerprint density at radius 1 is 1.43 bits per heavy atom. The van der Waals surface area contributed by atoms with Gasteiger partial charge in [-0.05, 0) is 43.7 Å². The van der Waals surface area contributed by atoms with Crippen molar-refractivity contribution in [3.63, 3.8) is 0 Å². The Morgan fingerprint density at radius 3 is 2.90 bits per heavy atom. The number of pyridine rings is 1. The number of carbonyl (C=O) groups excluding carboxylic acids is 1. The number of hydrogen-bond donors (Lipinski definition) is 0. The van der Waals surface area contributed by atoms with Crippen LogP contribution in [-0.2, 0) is 16.1 Å². The lowest BCUT2D eigenvalue weighted by molar-refractivity contribution is -0.146. The molecule has 0 N–H and O–H groups in total. The highest BCUT2D eigenvalue weighted by atomic mass is 35.5. The first-order chi connectivity index (χ1) is 10.2. The van der Waals surface area contributed by atoms with Gasteiger partial charge in [0.1, 0.15) is 0 Å². The number of aromatic nitrogens is 2. The van der Waals surface area contributed by atoms with Crippen LogP contribution in [0.4, 0.5) is 0 Å². The van der Waals surface area contributed by atoms with Crippen LogP contribution >= 0.6 is 11.6 Å². The molecule has 0 saturated heterocycles. The van der Waals surface area contributed by atoms with Crippen molar-refractivity contribution in [2.75, 3.05) is 7.11 Å². The summed E-state index contributed by atoms with van der Waals surface area (Å²) in [6.07, 6.45) is 7.72. The van der Waals surface area contributed by atoms with Crippen LogP contribution < -0.4 is 0 Å². The minimum absolute atomic E-state index is 0.0594. The second kappa shape index (κ2) is 6.06. The number of ether oxygens (including phenoxy) is 1. The summed E-state index contributed by atoms with van der Waals surface area (Å²) in [6.45, 7) is 0.958. The van der Waals surface area contributed by atoms with Gasteiger partial charge in [-0.25, -0.2) is 0 Å². The molecular weight excluding hydrogens is 288 g/mol. The maximum Gasteiger partial charge on any atom is 0.308 e. The largest absolute Gasteiger partial charge is 0.469 e. The monoisotopic (exact) mass is 306 g/mol. The molecule has 0 bridgehead atoms. The third kappa shape index (κ3) is 3.05. The second-order valence-corrected chi connectivity index (χ2v) is 6.20. The Labute approximate surface area is 129 Å². The number of carbonyl (C=O) groups is 1. The zero-order chi connectivity index (χ0) is 14.8. The van der Waals surface area contributed by atoms with Crippen molar-refractivity contribution in [3.8, 4) is 0 Å². The molecule has 21 heavy (non-hydrogen) atoms. The van der Waals surface area contributed by atoms with Crippen LogP contribution in [0.3, 0.4) is 0 Å². The van der Waals surface area contributed by atoms with E-state index in [1.54, 1.807) is 6.20 Å². The van der Waals surface area contributed by atoms with E-state index in [0.29, 0.717) is 10.9 Å². The average Bonchev–Trinajstić information content (AvgIpc) is 2.89. The zero-order valence-electron chi connectivity index (χ0n) is 12.1. The minimum Gasteiger partial charge on any atom is -0.469 e. The molecule has 2 aromatic rings. The minimum atomic E-state index is -0.0594. The van der Waals surface area contributed by atoms with Gasteiger partial charge in [-0.2, -0.15) is 0 Å². The van der Waals surface area contributed by atoms with E-state index in [1.165, 1.54) is 7.11 Å². The molecule has 1 aliphatic carbocycles. The Bertz CT molecular complexity index is 645. The van der Waals surface area contributed by atoms with Crippen LogP contribution in [0.1, 0.15) is 25.7 Å². The van der Waals surface area contributed by atoms with Crippen LogP contribution in [-0.4, -0.2) is 22.6 Å². The highest BCUT2D eigenvalue weighted by Gasteiger charge is 2.27. The van der Waals surface area contributed by atoms with Gasteiger partial charge < -0.3 is 9.30 Å². The Balaban J connectivity index is 1.67. The predicted molar refractivity (Wildman–Crippen MR) is 82.2 cm³/mol. The summed E-state index contributed by atoms with van der Waals surface area (Å²) >= 11 is 6.03. The summed E-state index contributed by atoms with van der Waals surface area (Å²) in [6, 6.07) is 3.98. The molecule has 0 aliphatic heterocycles. The molecule has 1 fully saturated rings. The molecule has 2 aromatic heterocycles. The molecule has 2 heterocycles. The first-order valence-corrected chi connectivity index (χ1v) is 7.73. The van der Waals surface area contributed by atoms with Gasteiger partial charge in [-0.15, -0.1) is 0 Å². The fraction of sp³-hybridized carbons (Fsp3) is 0.500. The van der Waals surface area contributed by atoms with Crippen LogP contribution in [0.2, 0.25) is 5.02 Å². The Morgan fingerprint density at radius 2 is 2.19 bits per heavy atom. The smallest absolute Gasteiger partial charge is 0.308 e. The molecule has 1 aliphatic rings. The lowest BCUT2D eigenvalue weighted by Gasteiger charge is -2.27. The molecule has 0 unspecified atom stereocenters. The van der Waals surface area contributed by atoms with Crippen LogP contribution in [0, 0.1) is 11.8 Å². The number of fused-ring (bicyclic) bond motifs is 1. The van der Waals surface area contributed by atoms with Gasteiger partial charge in [0.25, 0.3) is 0 Å². The average molecular weight is 307 g/mol. The fourth-order valence-corrected chi connectivity index (χ4v) is 3.38. The molecule has 0 atom stereocenters. The lowest BCUT2D eigenvalue weighted by Crippen LogP contribution is -2.24. The van der Waals surface area contributed by atoms with E-state index in [1.807, 2.05) is 12.1 Å². The van der Waals surface area contributed by atoms with Crippen molar-refractivity contribution in [1.82, 2.24) is 9.55 Å². The van der Waals surface area contributed by atoms with Crippen molar-refractivity contribution in [3.05, 3.63) is 29.5 Å². The standard InChI is InChI=1S/C16H19ClN2O2/c1-21-16(20)12-4-2-11(3-5-12)10-19-7-6-14-15(19)8-13(17)9-18-14/h6-9,11-12H,2-5,10H2,1H3. The van der Waals surface area contributed by atoms with Crippen molar-refractivity contribution in [2.45, 2.75) is 32.2 Å². The maximum atomic E-state index is 11.6. The first kappa shape index (κ1) is 14.4. The van der Waals surface area contributed by atoms with E-state index in [2.05, 4.69) is 15.7 Å². The van der Waals surface area contributed by atoms with E-state index in [4.69, 9.17) is 16.3 Å². The lowest BCUT2D eigenvalue weighted by atomic mass is 9.82. The Hall–Kier alpha value is -1.55. The summed E-state index contributed by atoms with van der Waals surface area (Å²) in [5.74, 6) is 0.625. The van der Waals surface area contributed by atoms with Gasteiger partial charge in [0, 0.05) is 18.9 Å². The third-order valence-corrected chi connectivity index (χ3v) is 4.63. The quantitative estimate of drug-likeness (QED) is 0.813. The number of halogens is 1. The van der Waals surface area contributed by atoms with Gasteiger partial charge >= 0.3 is 5.97 Å². The second-order valence-electron chi connectivity index (χ2n) is 5.77. The molecule has 3 rings (SSSR count). The molecule has 0 radical (unpaired) electrons. The molecule has 0 aromatic carbocycles. The highest BCUT2D eigenvalue weighted by Crippen LogP contribution is 2.31. The normalized spacial score (nSPS) is 22.4. The molecule has 0 amide bonds. The van der Waals surface area contributed by atoms with E-state index < -0.39 is 0 Å². The third-order valence-electron chi connectivity index (χ3n) is 4.42. The van der Waals surface area contributed by atoms with Gasteiger partial charge in [-0.1, -0.05) is 11.6 Å². The highest BCUT2D eigenvalue weighted by molar-refractivity contribution is 6.31. The van der Waals surface area contributed by atoms with Crippen molar-refractivity contribution in [2.24, 2.45) is 11.8 Å². The number of nitrogens with zero attached hydrogens (tertiary/aromatic N) is 2. The van der Waals surface area contributed by atoms with Crippen molar-refractivity contribution in [1.29, 1.82) is 0 Å². The maximum absolute atomic E-state index is 11.6. The number of methoxy groups -OCH3 is 1. The van der Waals surface area contributed by atoms with Gasteiger partial charge in [-0.3, -0.25) is 9.78 Å². The Kier molecular flexibility index (Phi) is 4.15. The summed E-state index contributed by atoms with van der Waals surface area (Å²) in [5, 5.41) is 0.664. The van der Waals surface area contributed by atoms with E-state index in [0.717, 1.165) is 43.3 Å². The summed E-state index contributed by atoms with van der Waals surface area (Å²) in [4.78, 5) is 15.9. The fourth-order valence-electron chi connectivity index (χ4n) is 3.22. The van der Waals surface area contributed by atoms with Crippen molar-refractivity contribution >= 4 is 28.6 Å². The SMILES string of the molecule is COC(=O)C1CCC(Cn2ccc3ncc(Cl)cc32)CC1. The number of esters is 1. The van der Waals surface area contributed by atoms with Gasteiger partial charge in [0.2, 0.25) is 0 Å². The van der Waals surface area contributed by atoms with E-state index in [-0.39, 0.29) is 11.9 Å². The zero-order valence-corrected chi connectivity index (χ0v) is 12.8. The van der Waals surface area contributed by atoms with Crippen LogP contribution in [0.15, 0.2) is 24.5 Å². The molecular formula is C16H19ClN2O2. The molecule has 5 heteroatoms. The predicted octanol–water partition coefficient (Wildman–Crippen LogP) is 3.67. The topological polar surface area (TPSA) is 44.1 Å². The van der Waals surface area contributed by atoms with Gasteiger partial charge in [0.15, 0.2) is 0 Å². The van der Waals surface area contributed by atoms with E-state index >= 15 is 0 Å². The summed E-state index contributed by atoms with van der Waals surface area (Å²) in [5.41, 5.74) is 2.06.